The Labute approximate surface area is 200 Å². The molecule has 2 aromatic carbocycles. The minimum absolute atomic E-state index is 0.128. The van der Waals surface area contributed by atoms with Crippen LogP contribution in [0.15, 0.2) is 54.7 Å². The van der Waals surface area contributed by atoms with Gasteiger partial charge in [-0.25, -0.2) is 4.68 Å². The van der Waals surface area contributed by atoms with Crippen molar-refractivity contribution >= 4 is 17.5 Å². The van der Waals surface area contributed by atoms with Crippen molar-refractivity contribution in [2.75, 3.05) is 26.7 Å². The van der Waals surface area contributed by atoms with Crippen LogP contribution in [-0.2, 0) is 6.18 Å². The molecule has 0 aliphatic carbocycles. The lowest BCUT2D eigenvalue weighted by Gasteiger charge is -2.29. The number of aromatic nitrogens is 2. The molecule has 0 spiro atoms. The standard InChI is InChI=1S/C24H24ClF3N4O2/c1-34-21-7-3-2-6-18(21)20(31-12-4-5-13-31)15-29-23(33)19-14-30-32(22(19)24(26,27)28)17-10-8-16(25)9-11-17/h2-3,6-11,14,20H,4-5,12-13,15H2,1H3,(H,29,33). The number of ether oxygens (including phenoxy) is 1. The molecule has 1 amide bonds. The Hall–Kier alpha value is -3.04. The van der Waals surface area contributed by atoms with Gasteiger partial charge in [0.25, 0.3) is 5.91 Å². The molecule has 1 aliphatic heterocycles. The van der Waals surface area contributed by atoms with Crippen molar-refractivity contribution in [1.29, 1.82) is 0 Å². The van der Waals surface area contributed by atoms with Gasteiger partial charge in [0.2, 0.25) is 0 Å². The molecule has 10 heteroatoms. The fraction of sp³-hybridized carbons (Fsp3) is 0.333. The van der Waals surface area contributed by atoms with Gasteiger partial charge in [-0.15, -0.1) is 0 Å². The van der Waals surface area contributed by atoms with Gasteiger partial charge in [-0.2, -0.15) is 18.3 Å². The van der Waals surface area contributed by atoms with Crippen LogP contribution in [0.1, 0.15) is 40.5 Å². The number of para-hydroxylation sites is 1. The average Bonchev–Trinajstić information content (AvgIpc) is 3.50. The molecule has 1 atom stereocenters. The third-order valence-corrected chi connectivity index (χ3v) is 6.14. The summed E-state index contributed by atoms with van der Waals surface area (Å²) in [5.74, 6) is -0.174. The van der Waals surface area contributed by atoms with Gasteiger partial charge < -0.3 is 10.1 Å². The highest BCUT2D eigenvalue weighted by Gasteiger charge is 2.40. The van der Waals surface area contributed by atoms with Crippen LogP contribution in [0.25, 0.3) is 5.69 Å². The number of benzene rings is 2. The first-order valence-corrected chi connectivity index (χ1v) is 11.2. The van der Waals surface area contributed by atoms with Crippen molar-refractivity contribution in [3.63, 3.8) is 0 Å². The molecule has 1 fully saturated rings. The van der Waals surface area contributed by atoms with E-state index in [1.807, 2.05) is 24.3 Å². The highest BCUT2D eigenvalue weighted by Crippen LogP contribution is 2.35. The van der Waals surface area contributed by atoms with Crippen molar-refractivity contribution in [2.45, 2.75) is 25.1 Å². The number of carbonyl (C=O) groups excluding carboxylic acids is 1. The summed E-state index contributed by atoms with van der Waals surface area (Å²) in [6.07, 6.45) is -1.81. The predicted octanol–water partition coefficient (Wildman–Crippen LogP) is 5.12. The first kappa shape index (κ1) is 24.1. The smallest absolute Gasteiger partial charge is 0.434 e. The molecule has 0 saturated carbocycles. The lowest BCUT2D eigenvalue weighted by molar-refractivity contribution is -0.143. The van der Waals surface area contributed by atoms with E-state index in [1.165, 1.54) is 24.3 Å². The zero-order valence-electron chi connectivity index (χ0n) is 18.5. The molecule has 4 rings (SSSR count). The first-order valence-electron chi connectivity index (χ1n) is 10.9. The third-order valence-electron chi connectivity index (χ3n) is 5.89. The predicted molar refractivity (Wildman–Crippen MR) is 122 cm³/mol. The normalized spacial score (nSPS) is 15.3. The average molecular weight is 493 g/mol. The molecule has 34 heavy (non-hydrogen) atoms. The molecule has 1 N–H and O–H groups in total. The summed E-state index contributed by atoms with van der Waals surface area (Å²) < 4.78 is 48.2. The molecule has 6 nitrogen and oxygen atoms in total. The van der Waals surface area contributed by atoms with Crippen LogP contribution in [0.5, 0.6) is 5.75 Å². The molecule has 0 bridgehead atoms. The highest BCUT2D eigenvalue weighted by molar-refractivity contribution is 6.30. The van der Waals surface area contributed by atoms with E-state index in [1.54, 1.807) is 7.11 Å². The zero-order valence-corrected chi connectivity index (χ0v) is 19.2. The molecule has 1 saturated heterocycles. The number of hydrogen-bond donors (Lipinski definition) is 1. The van der Waals surface area contributed by atoms with E-state index in [9.17, 15) is 18.0 Å². The van der Waals surface area contributed by atoms with Gasteiger partial charge >= 0.3 is 6.18 Å². The van der Waals surface area contributed by atoms with Gasteiger partial charge in [-0.3, -0.25) is 9.69 Å². The maximum atomic E-state index is 14.0. The number of likely N-dealkylation sites (tertiary alicyclic amines) is 1. The van der Waals surface area contributed by atoms with Crippen molar-refractivity contribution in [3.05, 3.63) is 76.6 Å². The molecular formula is C24H24ClF3N4O2. The van der Waals surface area contributed by atoms with Crippen LogP contribution in [-0.4, -0.2) is 47.3 Å². The zero-order chi connectivity index (χ0) is 24.3. The number of halogens is 4. The van der Waals surface area contributed by atoms with E-state index in [0.717, 1.165) is 37.7 Å². The lowest BCUT2D eigenvalue weighted by Crippen LogP contribution is -2.37. The summed E-state index contributed by atoms with van der Waals surface area (Å²) in [6, 6.07) is 13.0. The number of amides is 1. The van der Waals surface area contributed by atoms with Crippen LogP contribution >= 0.6 is 11.6 Å². The minimum atomic E-state index is -4.79. The van der Waals surface area contributed by atoms with Crippen molar-refractivity contribution in [1.82, 2.24) is 20.0 Å². The second-order valence-corrected chi connectivity index (χ2v) is 8.44. The number of rotatable bonds is 7. The van der Waals surface area contributed by atoms with E-state index in [0.29, 0.717) is 15.5 Å². The van der Waals surface area contributed by atoms with E-state index >= 15 is 0 Å². The van der Waals surface area contributed by atoms with Gasteiger partial charge in [0.15, 0.2) is 5.69 Å². The molecule has 180 valence electrons. The molecule has 1 aromatic heterocycles. The summed E-state index contributed by atoms with van der Waals surface area (Å²) in [5, 5.41) is 6.94. The number of nitrogens with zero attached hydrogens (tertiary/aromatic N) is 3. The number of nitrogens with one attached hydrogen (secondary N) is 1. The molecule has 3 aromatic rings. The van der Waals surface area contributed by atoms with Gasteiger partial charge in [-0.1, -0.05) is 29.8 Å². The molecule has 1 unspecified atom stereocenters. The fourth-order valence-corrected chi connectivity index (χ4v) is 4.41. The van der Waals surface area contributed by atoms with Crippen molar-refractivity contribution in [3.8, 4) is 11.4 Å². The molecule has 0 radical (unpaired) electrons. The number of carbonyl (C=O) groups is 1. The van der Waals surface area contributed by atoms with Crippen LogP contribution in [0.3, 0.4) is 0 Å². The molecule has 2 heterocycles. The second kappa shape index (κ2) is 10.1. The first-order chi connectivity index (χ1) is 16.3. The quantitative estimate of drug-likeness (QED) is 0.497. The van der Waals surface area contributed by atoms with Crippen molar-refractivity contribution < 1.29 is 22.7 Å². The highest BCUT2D eigenvalue weighted by atomic mass is 35.5. The SMILES string of the molecule is COc1ccccc1C(CNC(=O)c1cnn(-c2ccc(Cl)cc2)c1C(F)(F)F)N1CCCC1. The summed E-state index contributed by atoms with van der Waals surface area (Å²) >= 11 is 5.85. The Bertz CT molecular complexity index is 1140. The largest absolute Gasteiger partial charge is 0.496 e. The number of hydrogen-bond acceptors (Lipinski definition) is 4. The number of alkyl halides is 3. The van der Waals surface area contributed by atoms with Crippen molar-refractivity contribution in [2.24, 2.45) is 0 Å². The summed E-state index contributed by atoms with van der Waals surface area (Å²) in [5.41, 5.74) is -0.648. The minimum Gasteiger partial charge on any atom is -0.496 e. The maximum Gasteiger partial charge on any atom is 0.434 e. The summed E-state index contributed by atoms with van der Waals surface area (Å²) in [7, 11) is 1.57. The van der Waals surface area contributed by atoms with Crippen LogP contribution in [0.2, 0.25) is 5.02 Å². The second-order valence-electron chi connectivity index (χ2n) is 8.00. The van der Waals surface area contributed by atoms with Crippen LogP contribution in [0.4, 0.5) is 13.2 Å². The topological polar surface area (TPSA) is 59.4 Å². The summed E-state index contributed by atoms with van der Waals surface area (Å²) in [6.45, 7) is 1.80. The Balaban J connectivity index is 1.62. The van der Waals surface area contributed by atoms with E-state index < -0.39 is 23.3 Å². The Morgan fingerprint density at radius 2 is 1.82 bits per heavy atom. The fourth-order valence-electron chi connectivity index (χ4n) is 4.28. The van der Waals surface area contributed by atoms with Gasteiger partial charge in [0, 0.05) is 17.1 Å². The van der Waals surface area contributed by atoms with E-state index in [2.05, 4.69) is 15.3 Å². The van der Waals surface area contributed by atoms with E-state index in [4.69, 9.17) is 16.3 Å². The molecular weight excluding hydrogens is 469 g/mol. The van der Waals surface area contributed by atoms with Crippen LogP contribution in [0, 0.1) is 0 Å². The Morgan fingerprint density at radius 1 is 1.15 bits per heavy atom. The molecule has 1 aliphatic rings. The third kappa shape index (κ3) is 5.05. The maximum absolute atomic E-state index is 14.0. The Morgan fingerprint density at radius 3 is 2.47 bits per heavy atom. The Kier molecular flexibility index (Phi) is 7.13. The lowest BCUT2D eigenvalue weighted by atomic mass is 10.0. The summed E-state index contributed by atoms with van der Waals surface area (Å²) in [4.78, 5) is 15.2. The monoisotopic (exact) mass is 492 g/mol. The van der Waals surface area contributed by atoms with Gasteiger partial charge in [-0.05, 0) is 56.3 Å². The van der Waals surface area contributed by atoms with Gasteiger partial charge in [0.1, 0.15) is 5.75 Å². The van der Waals surface area contributed by atoms with Gasteiger partial charge in [0.05, 0.1) is 30.6 Å². The van der Waals surface area contributed by atoms with E-state index in [-0.39, 0.29) is 18.3 Å². The van der Waals surface area contributed by atoms with Crippen LogP contribution < -0.4 is 10.1 Å². The number of methoxy groups -OCH3 is 1.